The molecule has 1 amide bonds. The maximum atomic E-state index is 13.3. The van der Waals surface area contributed by atoms with E-state index < -0.39 is 0 Å². The van der Waals surface area contributed by atoms with Gasteiger partial charge in [-0.3, -0.25) is 18.9 Å². The third-order valence-electron chi connectivity index (χ3n) is 5.17. The maximum Gasteiger partial charge on any atom is 0.267 e. The SMILES string of the molecule is CCOCCCNc1nc2ccccn2c(=O)c1/C=C1/SC(=S)N(Cc2ccccc2Cl)C1=O. The van der Waals surface area contributed by atoms with Crippen LogP contribution in [0.4, 0.5) is 5.82 Å². The van der Waals surface area contributed by atoms with Crippen LogP contribution in [-0.4, -0.2) is 44.3 Å². The Morgan fingerprint density at radius 2 is 2.00 bits per heavy atom. The number of carbonyl (C=O) groups excluding carboxylic acids is 1. The fourth-order valence-electron chi connectivity index (χ4n) is 3.46. The zero-order chi connectivity index (χ0) is 24.1. The average molecular weight is 515 g/mol. The Morgan fingerprint density at radius 3 is 2.79 bits per heavy atom. The molecule has 34 heavy (non-hydrogen) atoms. The molecule has 0 saturated carbocycles. The number of halogens is 1. The smallest absolute Gasteiger partial charge is 0.267 e. The van der Waals surface area contributed by atoms with Crippen molar-refractivity contribution < 1.29 is 9.53 Å². The molecule has 1 N–H and O–H groups in total. The summed E-state index contributed by atoms with van der Waals surface area (Å²) < 4.78 is 7.26. The second-order valence-electron chi connectivity index (χ2n) is 7.44. The first-order valence-corrected chi connectivity index (χ1v) is 12.4. The summed E-state index contributed by atoms with van der Waals surface area (Å²) >= 11 is 12.9. The first-order valence-electron chi connectivity index (χ1n) is 10.8. The number of hydrogen-bond donors (Lipinski definition) is 1. The second-order valence-corrected chi connectivity index (χ2v) is 9.53. The van der Waals surface area contributed by atoms with E-state index in [1.54, 1.807) is 30.5 Å². The van der Waals surface area contributed by atoms with Gasteiger partial charge in [-0.1, -0.05) is 59.8 Å². The van der Waals surface area contributed by atoms with Crippen molar-refractivity contribution in [3.8, 4) is 0 Å². The van der Waals surface area contributed by atoms with E-state index in [9.17, 15) is 9.59 Å². The molecule has 176 valence electrons. The summed E-state index contributed by atoms with van der Waals surface area (Å²) in [6, 6.07) is 12.7. The summed E-state index contributed by atoms with van der Waals surface area (Å²) in [5.41, 5.74) is 1.35. The van der Waals surface area contributed by atoms with Crippen LogP contribution in [0.1, 0.15) is 24.5 Å². The minimum absolute atomic E-state index is 0.263. The van der Waals surface area contributed by atoms with Gasteiger partial charge in [-0.25, -0.2) is 4.98 Å². The Bertz CT molecular complexity index is 1330. The Labute approximate surface area is 211 Å². The van der Waals surface area contributed by atoms with E-state index in [4.69, 9.17) is 28.6 Å². The van der Waals surface area contributed by atoms with Gasteiger partial charge >= 0.3 is 0 Å². The molecule has 7 nitrogen and oxygen atoms in total. The van der Waals surface area contributed by atoms with Crippen molar-refractivity contribution in [1.82, 2.24) is 14.3 Å². The van der Waals surface area contributed by atoms with Crippen LogP contribution in [0.25, 0.3) is 11.7 Å². The molecule has 1 aliphatic rings. The zero-order valence-corrected chi connectivity index (χ0v) is 20.9. The van der Waals surface area contributed by atoms with E-state index in [1.807, 2.05) is 31.2 Å². The molecule has 1 fully saturated rings. The molecule has 0 bridgehead atoms. The van der Waals surface area contributed by atoms with Crippen LogP contribution in [0.2, 0.25) is 5.02 Å². The molecule has 3 heterocycles. The number of hydrogen-bond acceptors (Lipinski definition) is 7. The normalized spacial score (nSPS) is 15.0. The number of pyridine rings is 1. The molecule has 1 aliphatic heterocycles. The van der Waals surface area contributed by atoms with Crippen molar-refractivity contribution in [2.45, 2.75) is 19.9 Å². The summed E-state index contributed by atoms with van der Waals surface area (Å²) in [6.45, 7) is 4.03. The number of ether oxygens (including phenoxy) is 1. The Morgan fingerprint density at radius 1 is 1.21 bits per heavy atom. The van der Waals surface area contributed by atoms with Crippen molar-refractivity contribution in [3.05, 3.63) is 80.1 Å². The molecular formula is C24H23ClN4O3S2. The lowest BCUT2D eigenvalue weighted by atomic mass is 10.2. The number of thiocarbonyl (C=S) groups is 1. The van der Waals surface area contributed by atoms with E-state index in [-0.39, 0.29) is 18.0 Å². The highest BCUT2D eigenvalue weighted by Gasteiger charge is 2.33. The fourth-order valence-corrected chi connectivity index (χ4v) is 4.89. The number of nitrogens with one attached hydrogen (secondary N) is 1. The molecule has 0 atom stereocenters. The van der Waals surface area contributed by atoms with Crippen LogP contribution in [-0.2, 0) is 16.1 Å². The molecule has 0 spiro atoms. The van der Waals surface area contributed by atoms with Crippen LogP contribution < -0.4 is 10.9 Å². The van der Waals surface area contributed by atoms with Gasteiger partial charge in [-0.15, -0.1) is 0 Å². The van der Waals surface area contributed by atoms with Gasteiger partial charge in [0.2, 0.25) is 0 Å². The number of carbonyl (C=O) groups is 1. The molecule has 1 saturated heterocycles. The van der Waals surface area contributed by atoms with E-state index in [2.05, 4.69) is 10.3 Å². The largest absolute Gasteiger partial charge is 0.382 e. The lowest BCUT2D eigenvalue weighted by Gasteiger charge is -2.15. The molecule has 1 aromatic carbocycles. The molecule has 2 aromatic heterocycles. The van der Waals surface area contributed by atoms with Gasteiger partial charge in [0.05, 0.1) is 17.0 Å². The third kappa shape index (κ3) is 5.33. The first kappa shape index (κ1) is 24.4. The van der Waals surface area contributed by atoms with Gasteiger partial charge in [-0.05, 0) is 43.2 Å². The molecule has 4 rings (SSSR count). The summed E-state index contributed by atoms with van der Waals surface area (Å²) in [7, 11) is 0. The van der Waals surface area contributed by atoms with Gasteiger partial charge in [-0.2, -0.15) is 0 Å². The maximum absolute atomic E-state index is 13.3. The lowest BCUT2D eigenvalue weighted by molar-refractivity contribution is -0.122. The molecule has 0 radical (unpaired) electrons. The van der Waals surface area contributed by atoms with Gasteiger partial charge in [0.15, 0.2) is 0 Å². The Balaban J connectivity index is 1.66. The highest BCUT2D eigenvalue weighted by Crippen LogP contribution is 2.34. The summed E-state index contributed by atoms with van der Waals surface area (Å²) in [4.78, 5) is 33.0. The van der Waals surface area contributed by atoms with E-state index in [1.165, 1.54) is 9.30 Å². The number of fused-ring (bicyclic) bond motifs is 1. The van der Waals surface area contributed by atoms with E-state index in [0.717, 1.165) is 23.7 Å². The minimum atomic E-state index is -0.269. The number of benzene rings is 1. The lowest BCUT2D eigenvalue weighted by Crippen LogP contribution is -2.27. The highest BCUT2D eigenvalue weighted by atomic mass is 35.5. The molecular weight excluding hydrogens is 492 g/mol. The molecule has 10 heteroatoms. The summed E-state index contributed by atoms with van der Waals surface area (Å²) in [5.74, 6) is 0.152. The monoisotopic (exact) mass is 514 g/mol. The zero-order valence-electron chi connectivity index (χ0n) is 18.5. The predicted molar refractivity (Wildman–Crippen MR) is 141 cm³/mol. The van der Waals surface area contributed by atoms with E-state index in [0.29, 0.717) is 51.0 Å². The second kappa shape index (κ2) is 11.1. The number of anilines is 1. The number of aromatic nitrogens is 2. The number of nitrogens with zero attached hydrogens (tertiary/aromatic N) is 3. The van der Waals surface area contributed by atoms with Crippen molar-refractivity contribution >= 4 is 63.3 Å². The van der Waals surface area contributed by atoms with Gasteiger partial charge in [0, 0.05) is 31.0 Å². The van der Waals surface area contributed by atoms with Gasteiger partial charge in [0.25, 0.3) is 11.5 Å². The number of thioether (sulfide) groups is 1. The molecule has 0 unspecified atom stereocenters. The van der Waals surface area contributed by atoms with Gasteiger partial charge < -0.3 is 10.1 Å². The van der Waals surface area contributed by atoms with Crippen molar-refractivity contribution in [3.63, 3.8) is 0 Å². The van der Waals surface area contributed by atoms with Crippen molar-refractivity contribution in [2.75, 3.05) is 25.1 Å². The minimum Gasteiger partial charge on any atom is -0.382 e. The van der Waals surface area contributed by atoms with Gasteiger partial charge in [0.1, 0.15) is 15.8 Å². The highest BCUT2D eigenvalue weighted by molar-refractivity contribution is 8.26. The predicted octanol–water partition coefficient (Wildman–Crippen LogP) is 4.59. The van der Waals surface area contributed by atoms with Crippen LogP contribution in [0.5, 0.6) is 0 Å². The quantitative estimate of drug-likeness (QED) is 0.254. The van der Waals surface area contributed by atoms with Crippen LogP contribution in [0.15, 0.2) is 58.4 Å². The number of rotatable bonds is 9. The fraction of sp³-hybridized carbons (Fsp3) is 0.250. The third-order valence-corrected chi connectivity index (χ3v) is 6.91. The number of amides is 1. The summed E-state index contributed by atoms with van der Waals surface area (Å²) in [6.07, 6.45) is 3.98. The Kier molecular flexibility index (Phi) is 7.99. The van der Waals surface area contributed by atoms with Crippen molar-refractivity contribution in [2.24, 2.45) is 0 Å². The van der Waals surface area contributed by atoms with Crippen LogP contribution in [0.3, 0.4) is 0 Å². The molecule has 3 aromatic rings. The Hall–Kier alpha value is -2.72. The van der Waals surface area contributed by atoms with Crippen LogP contribution >= 0.6 is 35.6 Å². The topological polar surface area (TPSA) is 75.9 Å². The molecule has 0 aliphatic carbocycles. The average Bonchev–Trinajstić information content (AvgIpc) is 3.10. The summed E-state index contributed by atoms with van der Waals surface area (Å²) in [5, 5.41) is 3.80. The standard InChI is InChI=1S/C24H23ClN4O3S2/c1-2-32-13-7-11-26-21-17(22(30)28-12-6-5-10-20(28)27-21)14-19-23(31)29(24(33)34-19)15-16-8-3-4-9-18(16)25/h3-6,8-10,12,14,26H,2,7,11,13,15H2,1H3/b19-14+. The van der Waals surface area contributed by atoms with Crippen molar-refractivity contribution in [1.29, 1.82) is 0 Å². The van der Waals surface area contributed by atoms with Crippen LogP contribution in [0, 0.1) is 0 Å². The van der Waals surface area contributed by atoms with E-state index >= 15 is 0 Å². The first-order chi connectivity index (χ1) is 16.5.